The van der Waals surface area contributed by atoms with Crippen LogP contribution in [-0.4, -0.2) is 29.6 Å². The quantitative estimate of drug-likeness (QED) is 0.757. The largest absolute Gasteiger partial charge is 0.461 e. The molecule has 0 amide bonds. The highest BCUT2D eigenvalue weighted by molar-refractivity contribution is 7.07. The van der Waals surface area contributed by atoms with Crippen molar-refractivity contribution in [2.45, 2.75) is 44.4 Å². The van der Waals surface area contributed by atoms with Crippen molar-refractivity contribution in [3.63, 3.8) is 0 Å². The molecular weight excluding hydrogens is 234 g/mol. The molecule has 0 unspecified atom stereocenters. The topological polar surface area (TPSA) is 29.5 Å². The van der Waals surface area contributed by atoms with E-state index in [0.29, 0.717) is 6.04 Å². The molecule has 2 aliphatic rings. The second-order valence-corrected chi connectivity index (χ2v) is 5.73. The molecular formula is C13H17NO2S. The van der Waals surface area contributed by atoms with Crippen LogP contribution in [0.15, 0.2) is 16.8 Å². The van der Waals surface area contributed by atoms with E-state index in [0.717, 1.165) is 19.4 Å². The van der Waals surface area contributed by atoms with Gasteiger partial charge in [-0.3, -0.25) is 9.69 Å². The predicted molar refractivity (Wildman–Crippen MR) is 67.0 cm³/mol. The maximum atomic E-state index is 11.8. The fourth-order valence-electron chi connectivity index (χ4n) is 2.99. The lowest BCUT2D eigenvalue weighted by molar-refractivity contribution is -0.145. The van der Waals surface area contributed by atoms with Gasteiger partial charge in [0.25, 0.3) is 0 Å². The molecule has 0 aliphatic carbocycles. The van der Waals surface area contributed by atoms with E-state index in [1.807, 2.05) is 6.92 Å². The van der Waals surface area contributed by atoms with E-state index in [4.69, 9.17) is 4.74 Å². The summed E-state index contributed by atoms with van der Waals surface area (Å²) in [6, 6.07) is 2.58. The number of hydrogen-bond acceptors (Lipinski definition) is 4. The van der Waals surface area contributed by atoms with Crippen molar-refractivity contribution >= 4 is 17.3 Å². The van der Waals surface area contributed by atoms with Gasteiger partial charge < -0.3 is 4.74 Å². The van der Waals surface area contributed by atoms with Gasteiger partial charge in [-0.15, -0.1) is 0 Å². The average molecular weight is 251 g/mol. The summed E-state index contributed by atoms with van der Waals surface area (Å²) in [4.78, 5) is 14.2. The summed E-state index contributed by atoms with van der Waals surface area (Å²) in [5, 5.41) is 4.31. The van der Waals surface area contributed by atoms with Crippen LogP contribution in [0.4, 0.5) is 0 Å². The third kappa shape index (κ3) is 2.00. The number of ether oxygens (including phenoxy) is 1. The number of carbonyl (C=O) groups excluding carboxylic acids is 1. The Hall–Kier alpha value is -0.870. The third-order valence-electron chi connectivity index (χ3n) is 3.77. The molecule has 0 spiro atoms. The first-order valence-corrected chi connectivity index (χ1v) is 7.18. The SMILES string of the molecule is C[C@@H]1C[C@@H](N2CCC[C@H]2c2ccsc2)C(=O)O1. The summed E-state index contributed by atoms with van der Waals surface area (Å²) >= 11 is 1.73. The fraction of sp³-hybridized carbons (Fsp3) is 0.615. The van der Waals surface area contributed by atoms with Crippen LogP contribution in [0.5, 0.6) is 0 Å². The molecule has 1 aromatic rings. The Kier molecular flexibility index (Phi) is 2.92. The Morgan fingerprint density at radius 1 is 1.47 bits per heavy atom. The van der Waals surface area contributed by atoms with Crippen molar-refractivity contribution < 1.29 is 9.53 Å². The lowest BCUT2D eigenvalue weighted by Gasteiger charge is -2.27. The maximum absolute atomic E-state index is 11.8. The van der Waals surface area contributed by atoms with Crippen molar-refractivity contribution in [2.75, 3.05) is 6.54 Å². The van der Waals surface area contributed by atoms with Crippen molar-refractivity contribution in [1.29, 1.82) is 0 Å². The fourth-order valence-corrected chi connectivity index (χ4v) is 3.70. The second-order valence-electron chi connectivity index (χ2n) is 4.95. The molecule has 3 rings (SSSR count). The molecule has 2 saturated heterocycles. The van der Waals surface area contributed by atoms with Gasteiger partial charge in [-0.2, -0.15) is 11.3 Å². The second kappa shape index (κ2) is 4.42. The minimum absolute atomic E-state index is 0.0163. The molecule has 0 radical (unpaired) electrons. The van der Waals surface area contributed by atoms with E-state index >= 15 is 0 Å². The van der Waals surface area contributed by atoms with Crippen LogP contribution in [0.25, 0.3) is 0 Å². The van der Waals surface area contributed by atoms with E-state index in [1.165, 1.54) is 12.0 Å². The molecule has 0 aromatic carbocycles. The molecule has 3 atom stereocenters. The molecule has 0 bridgehead atoms. The number of rotatable bonds is 2. The van der Waals surface area contributed by atoms with Crippen LogP contribution in [0, 0.1) is 0 Å². The van der Waals surface area contributed by atoms with Gasteiger partial charge in [-0.25, -0.2) is 0 Å². The first-order valence-electron chi connectivity index (χ1n) is 6.24. The Bertz CT molecular complexity index is 404. The number of esters is 1. The number of hydrogen-bond donors (Lipinski definition) is 0. The van der Waals surface area contributed by atoms with Crippen LogP contribution in [0.1, 0.15) is 37.8 Å². The predicted octanol–water partition coefficient (Wildman–Crippen LogP) is 2.59. The van der Waals surface area contributed by atoms with Crippen LogP contribution < -0.4 is 0 Å². The van der Waals surface area contributed by atoms with Gasteiger partial charge >= 0.3 is 5.97 Å². The summed E-state index contributed by atoms with van der Waals surface area (Å²) in [7, 11) is 0. The highest BCUT2D eigenvalue weighted by atomic mass is 32.1. The molecule has 1 aromatic heterocycles. The highest BCUT2D eigenvalue weighted by Crippen LogP contribution is 2.37. The standard InChI is InChI=1S/C13H17NO2S/c1-9-7-12(13(15)16-9)14-5-2-3-11(14)10-4-6-17-8-10/h4,6,8-9,11-12H,2-3,5,7H2,1H3/t9-,11+,12-/m1/s1. The molecule has 3 heterocycles. The first kappa shape index (κ1) is 11.2. The molecule has 2 fully saturated rings. The van der Waals surface area contributed by atoms with Crippen LogP contribution in [0.2, 0.25) is 0 Å². The Morgan fingerprint density at radius 3 is 3.00 bits per heavy atom. The summed E-state index contributed by atoms with van der Waals surface area (Å²) in [6.07, 6.45) is 3.27. The lowest BCUT2D eigenvalue weighted by Crippen LogP contribution is -2.37. The number of cyclic esters (lactones) is 1. The van der Waals surface area contributed by atoms with E-state index in [-0.39, 0.29) is 18.1 Å². The molecule has 0 saturated carbocycles. The van der Waals surface area contributed by atoms with Crippen molar-refractivity contribution in [1.82, 2.24) is 4.90 Å². The third-order valence-corrected chi connectivity index (χ3v) is 4.47. The van der Waals surface area contributed by atoms with Gasteiger partial charge in [-0.1, -0.05) is 0 Å². The molecule has 17 heavy (non-hydrogen) atoms. The summed E-state index contributed by atoms with van der Waals surface area (Å²) < 4.78 is 5.27. The smallest absolute Gasteiger partial charge is 0.323 e. The zero-order valence-electron chi connectivity index (χ0n) is 9.96. The Labute approximate surface area is 105 Å². The maximum Gasteiger partial charge on any atom is 0.323 e. The van der Waals surface area contributed by atoms with Gasteiger partial charge in [0.05, 0.1) is 0 Å². The number of carbonyl (C=O) groups is 1. The molecule has 92 valence electrons. The molecule has 2 aliphatic heterocycles. The molecule has 0 N–H and O–H groups in total. The Balaban J connectivity index is 1.80. The highest BCUT2D eigenvalue weighted by Gasteiger charge is 2.41. The van der Waals surface area contributed by atoms with E-state index < -0.39 is 0 Å². The number of likely N-dealkylation sites (tertiary alicyclic amines) is 1. The Morgan fingerprint density at radius 2 is 2.35 bits per heavy atom. The minimum Gasteiger partial charge on any atom is -0.461 e. The molecule has 4 heteroatoms. The van der Waals surface area contributed by atoms with Crippen LogP contribution in [0.3, 0.4) is 0 Å². The zero-order chi connectivity index (χ0) is 11.8. The van der Waals surface area contributed by atoms with Gasteiger partial charge in [0.2, 0.25) is 0 Å². The zero-order valence-corrected chi connectivity index (χ0v) is 10.8. The van der Waals surface area contributed by atoms with Gasteiger partial charge in [-0.05, 0) is 48.7 Å². The van der Waals surface area contributed by atoms with Gasteiger partial charge in [0.1, 0.15) is 12.1 Å². The van der Waals surface area contributed by atoms with Gasteiger partial charge in [0.15, 0.2) is 0 Å². The summed E-state index contributed by atoms with van der Waals surface area (Å²) in [6.45, 7) is 3.00. The van der Waals surface area contributed by atoms with Crippen LogP contribution >= 0.6 is 11.3 Å². The first-order chi connectivity index (χ1) is 8.25. The van der Waals surface area contributed by atoms with Crippen LogP contribution in [-0.2, 0) is 9.53 Å². The normalized spacial score (nSPS) is 34.2. The van der Waals surface area contributed by atoms with Crippen molar-refractivity contribution in [3.05, 3.63) is 22.4 Å². The number of nitrogens with zero attached hydrogens (tertiary/aromatic N) is 1. The van der Waals surface area contributed by atoms with E-state index in [9.17, 15) is 4.79 Å². The van der Waals surface area contributed by atoms with Gasteiger partial charge in [0, 0.05) is 12.5 Å². The van der Waals surface area contributed by atoms with E-state index in [1.54, 1.807) is 11.3 Å². The average Bonchev–Trinajstić information content (AvgIpc) is 2.97. The number of thiophene rings is 1. The summed E-state index contributed by atoms with van der Waals surface area (Å²) in [5.74, 6) is -0.0281. The molecule has 3 nitrogen and oxygen atoms in total. The van der Waals surface area contributed by atoms with E-state index in [2.05, 4.69) is 21.7 Å². The monoisotopic (exact) mass is 251 g/mol. The minimum atomic E-state index is -0.0281. The van der Waals surface area contributed by atoms with Crippen molar-refractivity contribution in [2.24, 2.45) is 0 Å². The summed E-state index contributed by atoms with van der Waals surface area (Å²) in [5.41, 5.74) is 1.36. The lowest BCUT2D eigenvalue weighted by atomic mass is 10.1. The van der Waals surface area contributed by atoms with Crippen molar-refractivity contribution in [3.8, 4) is 0 Å².